The molecule has 140 valence electrons. The molecule has 1 N–H and O–H groups in total. The minimum Gasteiger partial charge on any atom is -0.352 e. The monoisotopic (exact) mass is 355 g/mol. The van der Waals surface area contributed by atoms with E-state index in [4.69, 9.17) is 0 Å². The van der Waals surface area contributed by atoms with E-state index in [1.165, 1.54) is 31.2 Å². The van der Waals surface area contributed by atoms with Crippen molar-refractivity contribution in [1.29, 1.82) is 0 Å². The minimum atomic E-state index is 0.123. The Bertz CT molecular complexity index is 698. The van der Waals surface area contributed by atoms with Crippen LogP contribution in [0.3, 0.4) is 0 Å². The molecule has 0 spiro atoms. The summed E-state index contributed by atoms with van der Waals surface area (Å²) < 4.78 is 1.73. The Morgan fingerprint density at radius 2 is 2.04 bits per heavy atom. The third-order valence-electron chi connectivity index (χ3n) is 5.57. The van der Waals surface area contributed by atoms with Crippen LogP contribution in [-0.2, 0) is 4.79 Å². The van der Waals surface area contributed by atoms with E-state index in [9.17, 15) is 4.79 Å². The fourth-order valence-corrected chi connectivity index (χ4v) is 3.65. The maximum absolute atomic E-state index is 12.4. The summed E-state index contributed by atoms with van der Waals surface area (Å²) in [5.74, 6) is 0.706. The number of hydrogen-bond donors (Lipinski definition) is 1. The predicted molar refractivity (Wildman–Crippen MR) is 102 cm³/mol. The lowest BCUT2D eigenvalue weighted by Gasteiger charge is -2.31. The molecule has 3 atom stereocenters. The smallest absolute Gasteiger partial charge is 0.234 e. The van der Waals surface area contributed by atoms with Gasteiger partial charge in [-0.2, -0.15) is 5.10 Å². The van der Waals surface area contributed by atoms with Gasteiger partial charge in [-0.05, 0) is 50.4 Å². The normalized spacial score (nSPS) is 21.5. The van der Waals surface area contributed by atoms with Crippen molar-refractivity contribution in [3.8, 4) is 5.69 Å². The molecule has 6 nitrogen and oxygen atoms in total. The summed E-state index contributed by atoms with van der Waals surface area (Å²) >= 11 is 0. The number of amides is 1. The zero-order chi connectivity index (χ0) is 18.5. The highest BCUT2D eigenvalue weighted by Gasteiger charge is 2.24. The van der Waals surface area contributed by atoms with E-state index >= 15 is 0 Å². The first-order valence-electron chi connectivity index (χ1n) is 9.49. The Kier molecular flexibility index (Phi) is 6.04. The van der Waals surface area contributed by atoms with Gasteiger partial charge in [0.1, 0.15) is 12.7 Å². The standard InChI is InChI=1S/C20H29N5O/c1-15-6-4-5-7-19(15)23-20(26)12-24(3)16(2)17-8-10-18(11-9-17)25-14-21-13-22-25/h8-11,13-16,19H,4-7,12H2,1-3H3,(H,23,26). The van der Waals surface area contributed by atoms with Crippen LogP contribution in [0.4, 0.5) is 0 Å². The van der Waals surface area contributed by atoms with Gasteiger partial charge in [-0.3, -0.25) is 9.69 Å². The molecule has 1 aromatic heterocycles. The summed E-state index contributed by atoms with van der Waals surface area (Å²) in [5, 5.41) is 7.37. The lowest BCUT2D eigenvalue weighted by atomic mass is 9.86. The number of nitrogens with zero attached hydrogens (tertiary/aromatic N) is 4. The number of nitrogens with one attached hydrogen (secondary N) is 1. The molecule has 0 aliphatic heterocycles. The summed E-state index contributed by atoms with van der Waals surface area (Å²) in [6.45, 7) is 4.78. The molecule has 1 aromatic carbocycles. The fourth-order valence-electron chi connectivity index (χ4n) is 3.65. The van der Waals surface area contributed by atoms with Crippen LogP contribution < -0.4 is 5.32 Å². The number of aromatic nitrogens is 3. The average molecular weight is 355 g/mol. The summed E-state index contributed by atoms with van der Waals surface area (Å²) in [6, 6.07) is 8.71. The van der Waals surface area contributed by atoms with Gasteiger partial charge in [0.15, 0.2) is 0 Å². The molecule has 1 aliphatic rings. The highest BCUT2D eigenvalue weighted by molar-refractivity contribution is 5.78. The first kappa shape index (κ1) is 18.6. The van der Waals surface area contributed by atoms with Gasteiger partial charge in [-0.1, -0.05) is 31.9 Å². The lowest BCUT2D eigenvalue weighted by Crippen LogP contribution is -2.45. The number of rotatable bonds is 6. The maximum atomic E-state index is 12.4. The molecule has 2 aromatic rings. The zero-order valence-electron chi connectivity index (χ0n) is 15.9. The molecule has 3 unspecified atom stereocenters. The Hall–Kier alpha value is -2.21. The van der Waals surface area contributed by atoms with Crippen molar-refractivity contribution in [2.45, 2.75) is 51.6 Å². The van der Waals surface area contributed by atoms with Crippen molar-refractivity contribution in [2.24, 2.45) is 5.92 Å². The molecule has 26 heavy (non-hydrogen) atoms. The lowest BCUT2D eigenvalue weighted by molar-refractivity contribution is -0.123. The second kappa shape index (κ2) is 8.45. The molecule has 0 saturated heterocycles. The largest absolute Gasteiger partial charge is 0.352 e. The Labute approximate surface area is 155 Å². The molecule has 1 amide bonds. The van der Waals surface area contributed by atoms with Crippen molar-refractivity contribution in [2.75, 3.05) is 13.6 Å². The molecule has 6 heteroatoms. The number of hydrogen-bond acceptors (Lipinski definition) is 4. The van der Waals surface area contributed by atoms with Gasteiger partial charge in [0, 0.05) is 12.1 Å². The van der Waals surface area contributed by atoms with Gasteiger partial charge in [0.25, 0.3) is 0 Å². The van der Waals surface area contributed by atoms with Crippen LogP contribution >= 0.6 is 0 Å². The van der Waals surface area contributed by atoms with Crippen molar-refractivity contribution >= 4 is 5.91 Å². The van der Waals surface area contributed by atoms with Crippen LogP contribution in [0.2, 0.25) is 0 Å². The highest BCUT2D eigenvalue weighted by atomic mass is 16.2. The van der Waals surface area contributed by atoms with Crippen LogP contribution in [0, 0.1) is 5.92 Å². The molecule has 1 saturated carbocycles. The van der Waals surface area contributed by atoms with E-state index in [-0.39, 0.29) is 11.9 Å². The summed E-state index contributed by atoms with van der Waals surface area (Å²) in [4.78, 5) is 18.5. The van der Waals surface area contributed by atoms with E-state index in [2.05, 4.69) is 46.3 Å². The quantitative estimate of drug-likeness (QED) is 0.865. The fraction of sp³-hybridized carbons (Fsp3) is 0.550. The summed E-state index contributed by atoms with van der Waals surface area (Å²) in [5.41, 5.74) is 2.15. The van der Waals surface area contributed by atoms with E-state index in [0.717, 1.165) is 12.1 Å². The van der Waals surface area contributed by atoms with Gasteiger partial charge in [-0.15, -0.1) is 0 Å². The number of carbonyl (C=O) groups excluding carboxylic acids is 1. The first-order valence-corrected chi connectivity index (χ1v) is 9.49. The number of carbonyl (C=O) groups is 1. The van der Waals surface area contributed by atoms with Crippen molar-refractivity contribution in [1.82, 2.24) is 25.0 Å². The van der Waals surface area contributed by atoms with Gasteiger partial charge in [0.05, 0.1) is 12.2 Å². The van der Waals surface area contributed by atoms with Crippen LogP contribution in [0.1, 0.15) is 51.1 Å². The number of benzene rings is 1. The minimum absolute atomic E-state index is 0.123. The van der Waals surface area contributed by atoms with E-state index < -0.39 is 0 Å². The van der Waals surface area contributed by atoms with Crippen LogP contribution in [0.15, 0.2) is 36.9 Å². The topological polar surface area (TPSA) is 63.1 Å². The second-order valence-electron chi connectivity index (χ2n) is 7.46. The van der Waals surface area contributed by atoms with Crippen molar-refractivity contribution < 1.29 is 4.79 Å². The maximum Gasteiger partial charge on any atom is 0.234 e. The van der Waals surface area contributed by atoms with E-state index in [1.807, 2.05) is 19.2 Å². The first-order chi connectivity index (χ1) is 12.5. The highest BCUT2D eigenvalue weighted by Crippen LogP contribution is 2.24. The predicted octanol–water partition coefficient (Wildman–Crippen LogP) is 2.96. The number of likely N-dealkylation sites (N-methyl/N-ethyl adjacent to an activating group) is 1. The van der Waals surface area contributed by atoms with Crippen molar-refractivity contribution in [3.63, 3.8) is 0 Å². The van der Waals surface area contributed by atoms with Gasteiger partial charge in [-0.25, -0.2) is 9.67 Å². The van der Waals surface area contributed by atoms with E-state index in [0.29, 0.717) is 18.5 Å². The average Bonchev–Trinajstić information content (AvgIpc) is 3.18. The molecular weight excluding hydrogens is 326 g/mol. The SMILES string of the molecule is CC1CCCCC1NC(=O)CN(C)C(C)c1ccc(-n2cncn2)cc1. The Morgan fingerprint density at radius 1 is 1.31 bits per heavy atom. The summed E-state index contributed by atoms with van der Waals surface area (Å²) in [7, 11) is 2.00. The molecule has 1 aliphatic carbocycles. The van der Waals surface area contributed by atoms with Crippen LogP contribution in [-0.4, -0.2) is 45.2 Å². The van der Waals surface area contributed by atoms with Crippen LogP contribution in [0.25, 0.3) is 5.69 Å². The third-order valence-corrected chi connectivity index (χ3v) is 5.57. The molecule has 1 fully saturated rings. The molecule has 0 bridgehead atoms. The second-order valence-corrected chi connectivity index (χ2v) is 7.46. The Morgan fingerprint density at radius 3 is 2.69 bits per heavy atom. The summed E-state index contributed by atoms with van der Waals surface area (Å²) in [6.07, 6.45) is 8.04. The van der Waals surface area contributed by atoms with Gasteiger partial charge in [0.2, 0.25) is 5.91 Å². The van der Waals surface area contributed by atoms with Gasteiger partial charge < -0.3 is 5.32 Å². The molecule has 3 rings (SSSR count). The Balaban J connectivity index is 1.55. The van der Waals surface area contributed by atoms with E-state index in [1.54, 1.807) is 11.0 Å². The third kappa shape index (κ3) is 4.49. The van der Waals surface area contributed by atoms with Gasteiger partial charge >= 0.3 is 0 Å². The zero-order valence-corrected chi connectivity index (χ0v) is 15.9. The van der Waals surface area contributed by atoms with Crippen molar-refractivity contribution in [3.05, 3.63) is 42.5 Å². The van der Waals surface area contributed by atoms with Crippen LogP contribution in [0.5, 0.6) is 0 Å². The molecule has 1 heterocycles. The molecular formula is C20H29N5O. The molecule has 0 radical (unpaired) electrons.